The molecule has 15 heteroatoms. The summed E-state index contributed by atoms with van der Waals surface area (Å²) in [7, 11) is 0. The molecule has 0 radical (unpaired) electrons. The second kappa shape index (κ2) is 17.2. The molecule has 0 bridgehead atoms. The van der Waals surface area contributed by atoms with Crippen LogP contribution in [0.3, 0.4) is 0 Å². The molecular weight excluding hydrogens is 716 g/mol. The molecule has 1 aliphatic carbocycles. The van der Waals surface area contributed by atoms with Gasteiger partial charge in [-0.05, 0) is 113 Å². The monoisotopic (exact) mass is 766 g/mol. The molecule has 7 N–H and O–H groups in total. The Kier molecular flexibility index (Phi) is 12.2. The summed E-state index contributed by atoms with van der Waals surface area (Å²) in [5.41, 5.74) is 4.20. The number of nitrogens with zero attached hydrogens (tertiary/aromatic N) is 1. The van der Waals surface area contributed by atoms with E-state index in [0.717, 1.165) is 41.5 Å². The van der Waals surface area contributed by atoms with Gasteiger partial charge in [-0.2, -0.15) is 0 Å². The second-order valence-corrected chi connectivity index (χ2v) is 15.7. The van der Waals surface area contributed by atoms with Crippen molar-refractivity contribution >= 4 is 46.4 Å². The molecule has 0 spiro atoms. The Labute approximate surface area is 324 Å². The molecule has 2 aromatic carbocycles. The highest BCUT2D eigenvalue weighted by Gasteiger charge is 2.31. The first kappa shape index (κ1) is 39.7. The number of nitrogens with one attached hydrogen (secondary N) is 7. The molecule has 2 atom stereocenters. The molecule has 3 heterocycles. The number of carbonyl (C=O) groups excluding carboxylic acids is 5. The van der Waals surface area contributed by atoms with Gasteiger partial charge in [-0.15, -0.1) is 0 Å². The zero-order valence-corrected chi connectivity index (χ0v) is 32.2. The summed E-state index contributed by atoms with van der Waals surface area (Å²) in [4.78, 5) is 86.1. The van der Waals surface area contributed by atoms with Crippen molar-refractivity contribution in [2.24, 2.45) is 11.8 Å². The highest BCUT2D eigenvalue weighted by molar-refractivity contribution is 5.99. The highest BCUT2D eigenvalue weighted by atomic mass is 16.6. The number of fused-ring (bicyclic) bond motifs is 1. The van der Waals surface area contributed by atoms with Gasteiger partial charge in [0.25, 0.3) is 5.91 Å². The number of hydrogen-bond donors (Lipinski definition) is 7. The topological polar surface area (TPSA) is 216 Å². The van der Waals surface area contributed by atoms with Crippen LogP contribution in [0.4, 0.5) is 10.5 Å². The first-order valence-corrected chi connectivity index (χ1v) is 19.2. The normalized spacial score (nSPS) is 19.0. The Hall–Kier alpha value is -5.99. The Balaban J connectivity index is 1.11. The third-order valence-electron chi connectivity index (χ3n) is 10.2. The van der Waals surface area contributed by atoms with Crippen LogP contribution in [0.25, 0.3) is 22.2 Å². The summed E-state index contributed by atoms with van der Waals surface area (Å²) < 4.78 is 5.34. The standard InChI is InChI=1S/C41H50N8O7/c1-23-18-33(37(52)46-31-6-5-17-42-36(31)51)43-22-29(23)26-11-7-24(8-12-26)19-34(38(53)45-28-15-16-30-32(20-28)49-39(54)48-30)47-35(50)27-13-9-25(10-14-27)21-44-40(55)56-41(2,3)4/h7-8,11-12,15-16,18,20,22,25,27,31,34H,5-6,9-10,13-14,17,19,21H2,1-4H3,(H,42,51)(H,44,55)(H,45,53)(H,46,52)(H,47,50)(H2,48,49,54). The average Bonchev–Trinajstić information content (AvgIpc) is 3.53. The van der Waals surface area contributed by atoms with Gasteiger partial charge in [0.15, 0.2) is 0 Å². The van der Waals surface area contributed by atoms with Crippen LogP contribution in [-0.4, -0.2) is 75.4 Å². The van der Waals surface area contributed by atoms with E-state index in [-0.39, 0.29) is 41.5 Å². The molecule has 15 nitrogen and oxygen atoms in total. The van der Waals surface area contributed by atoms with Gasteiger partial charge in [0.05, 0.1) is 11.0 Å². The summed E-state index contributed by atoms with van der Waals surface area (Å²) in [5, 5.41) is 14.3. The summed E-state index contributed by atoms with van der Waals surface area (Å²) in [6.45, 7) is 8.40. The Morgan fingerprint density at radius 1 is 0.929 bits per heavy atom. The van der Waals surface area contributed by atoms with Crippen LogP contribution >= 0.6 is 0 Å². The van der Waals surface area contributed by atoms with E-state index < -0.39 is 35.6 Å². The van der Waals surface area contributed by atoms with Crippen LogP contribution in [0.5, 0.6) is 0 Å². The van der Waals surface area contributed by atoms with Crippen LogP contribution in [0.2, 0.25) is 0 Å². The number of H-pyrrole nitrogens is 2. The predicted molar refractivity (Wildman–Crippen MR) is 211 cm³/mol. The number of pyridine rings is 1. The van der Waals surface area contributed by atoms with Gasteiger partial charge >= 0.3 is 11.8 Å². The van der Waals surface area contributed by atoms with Gasteiger partial charge < -0.3 is 41.3 Å². The highest BCUT2D eigenvalue weighted by Crippen LogP contribution is 2.29. The van der Waals surface area contributed by atoms with E-state index in [0.29, 0.717) is 49.1 Å². The predicted octanol–water partition coefficient (Wildman–Crippen LogP) is 4.23. The number of anilines is 1. The molecule has 2 aliphatic rings. The molecular formula is C41H50N8O7. The summed E-state index contributed by atoms with van der Waals surface area (Å²) in [6.07, 6.45) is 5.50. The van der Waals surface area contributed by atoms with E-state index in [1.165, 1.54) is 0 Å². The molecule has 2 unspecified atom stereocenters. The zero-order chi connectivity index (χ0) is 40.0. The lowest BCUT2D eigenvalue weighted by Gasteiger charge is -2.29. The minimum atomic E-state index is -0.909. The lowest BCUT2D eigenvalue weighted by Crippen LogP contribution is -2.50. The van der Waals surface area contributed by atoms with Crippen molar-refractivity contribution in [3.63, 3.8) is 0 Å². The van der Waals surface area contributed by atoms with Crippen molar-refractivity contribution in [3.05, 3.63) is 82.0 Å². The number of piperidine rings is 1. The largest absolute Gasteiger partial charge is 0.444 e. The number of aryl methyl sites for hydroxylation is 1. The van der Waals surface area contributed by atoms with E-state index >= 15 is 0 Å². The van der Waals surface area contributed by atoms with Crippen molar-refractivity contribution in [1.29, 1.82) is 0 Å². The van der Waals surface area contributed by atoms with Gasteiger partial charge in [0.1, 0.15) is 23.4 Å². The number of aromatic amines is 2. The molecule has 4 aromatic rings. The minimum Gasteiger partial charge on any atom is -0.444 e. The van der Waals surface area contributed by atoms with E-state index in [2.05, 4.69) is 41.5 Å². The van der Waals surface area contributed by atoms with Gasteiger partial charge in [0.2, 0.25) is 17.7 Å². The number of amides is 5. The number of carbonyl (C=O) groups is 5. The number of ether oxygens (including phenoxy) is 1. The van der Waals surface area contributed by atoms with Crippen molar-refractivity contribution in [1.82, 2.24) is 36.2 Å². The smallest absolute Gasteiger partial charge is 0.407 e. The maximum absolute atomic E-state index is 13.8. The molecule has 1 saturated carbocycles. The van der Waals surface area contributed by atoms with E-state index in [4.69, 9.17) is 4.74 Å². The van der Waals surface area contributed by atoms with Crippen LogP contribution < -0.4 is 32.3 Å². The molecule has 6 rings (SSSR count). The van der Waals surface area contributed by atoms with Gasteiger partial charge in [-0.3, -0.25) is 24.2 Å². The van der Waals surface area contributed by atoms with E-state index in [1.54, 1.807) is 30.5 Å². The Morgan fingerprint density at radius 2 is 1.66 bits per heavy atom. The fourth-order valence-corrected chi connectivity index (χ4v) is 7.19. The Morgan fingerprint density at radius 3 is 2.36 bits per heavy atom. The Bertz CT molecular complexity index is 2150. The van der Waals surface area contributed by atoms with Gasteiger partial charge in [-0.25, -0.2) is 9.59 Å². The molecule has 56 heavy (non-hydrogen) atoms. The number of alkyl carbamates (subject to hydrolysis) is 1. The number of benzene rings is 2. The number of imidazole rings is 1. The molecule has 1 aliphatic heterocycles. The van der Waals surface area contributed by atoms with Crippen molar-refractivity contribution < 1.29 is 28.7 Å². The van der Waals surface area contributed by atoms with Crippen molar-refractivity contribution in [2.45, 2.75) is 90.3 Å². The number of rotatable bonds is 11. The molecule has 2 aromatic heterocycles. The fraction of sp³-hybridized carbons (Fsp3) is 0.439. The van der Waals surface area contributed by atoms with Crippen LogP contribution in [-0.2, 0) is 25.5 Å². The van der Waals surface area contributed by atoms with E-state index in [1.807, 2.05) is 52.0 Å². The second-order valence-electron chi connectivity index (χ2n) is 15.7. The molecule has 1 saturated heterocycles. The summed E-state index contributed by atoms with van der Waals surface area (Å²) in [6, 6.07) is 12.8. The lowest BCUT2D eigenvalue weighted by atomic mass is 9.81. The average molecular weight is 767 g/mol. The van der Waals surface area contributed by atoms with E-state index in [9.17, 15) is 28.8 Å². The third-order valence-corrected chi connectivity index (χ3v) is 10.2. The quantitative estimate of drug-likeness (QED) is 0.117. The van der Waals surface area contributed by atoms with Crippen LogP contribution in [0.1, 0.15) is 80.9 Å². The van der Waals surface area contributed by atoms with Crippen molar-refractivity contribution in [3.8, 4) is 11.1 Å². The first-order valence-electron chi connectivity index (χ1n) is 19.2. The maximum Gasteiger partial charge on any atom is 0.407 e. The fourth-order valence-electron chi connectivity index (χ4n) is 7.19. The SMILES string of the molecule is Cc1cc(C(=O)NC2CCCNC2=O)ncc1-c1ccc(CC(NC(=O)C2CCC(CNC(=O)OC(C)(C)C)CC2)C(=O)Nc2ccc3[nH]c(=O)[nH]c3c2)cc1. The number of hydrogen-bond acceptors (Lipinski definition) is 8. The first-order chi connectivity index (χ1) is 26.7. The number of aromatic nitrogens is 3. The maximum atomic E-state index is 13.8. The third kappa shape index (κ3) is 10.4. The van der Waals surface area contributed by atoms with Crippen LogP contribution in [0.15, 0.2) is 59.5 Å². The lowest BCUT2D eigenvalue weighted by molar-refractivity contribution is -0.130. The van der Waals surface area contributed by atoms with Gasteiger partial charge in [-0.1, -0.05) is 24.3 Å². The molecule has 2 fully saturated rings. The minimum absolute atomic E-state index is 0.193. The van der Waals surface area contributed by atoms with Crippen molar-refractivity contribution in [2.75, 3.05) is 18.4 Å². The zero-order valence-electron chi connectivity index (χ0n) is 32.2. The molecule has 5 amide bonds. The van der Waals surface area contributed by atoms with Crippen LogP contribution in [0, 0.1) is 18.8 Å². The summed E-state index contributed by atoms with van der Waals surface area (Å²) in [5.74, 6) is -1.28. The summed E-state index contributed by atoms with van der Waals surface area (Å²) >= 11 is 0. The van der Waals surface area contributed by atoms with Gasteiger partial charge in [0, 0.05) is 42.9 Å². The molecule has 296 valence electrons.